The van der Waals surface area contributed by atoms with E-state index in [0.717, 1.165) is 12.8 Å². The maximum atomic E-state index is 12.2. The average Bonchev–Trinajstić information content (AvgIpc) is 3.48. The van der Waals surface area contributed by atoms with E-state index in [0.29, 0.717) is 30.7 Å². The van der Waals surface area contributed by atoms with Gasteiger partial charge in [0.1, 0.15) is 67.1 Å². The number of hydrogen-bond donors (Lipinski definition) is 10. The molecule has 4 aliphatic rings. The molecule has 0 spiro atoms. The van der Waals surface area contributed by atoms with Gasteiger partial charge >= 0.3 is 5.97 Å². The van der Waals surface area contributed by atoms with E-state index in [1.54, 1.807) is 0 Å². The number of hydrogen-bond acceptors (Lipinski definition) is 20. The lowest BCUT2D eigenvalue weighted by molar-refractivity contribution is -0.375. The van der Waals surface area contributed by atoms with E-state index in [1.807, 2.05) is 0 Å². The van der Waals surface area contributed by atoms with Gasteiger partial charge in [0.2, 0.25) is 5.91 Å². The van der Waals surface area contributed by atoms with E-state index in [9.17, 15) is 65.1 Å². The summed E-state index contributed by atoms with van der Waals surface area (Å²) in [6.45, 7) is -0.688. The second kappa shape index (κ2) is 22.0. The van der Waals surface area contributed by atoms with Crippen molar-refractivity contribution in [3.05, 3.63) is 0 Å². The monoisotopic (exact) mass is 812 g/mol. The van der Waals surface area contributed by atoms with Gasteiger partial charge in [-0.15, -0.1) is 5.06 Å². The van der Waals surface area contributed by atoms with Crippen LogP contribution in [-0.2, 0) is 52.4 Å². The van der Waals surface area contributed by atoms with E-state index in [4.69, 9.17) is 33.3 Å². The molecule has 0 aromatic rings. The number of nitrogens with one attached hydrogen (secondary N) is 1. The lowest BCUT2D eigenvalue weighted by atomic mass is 9.94. The van der Waals surface area contributed by atoms with Gasteiger partial charge in [-0.2, -0.15) is 0 Å². The molecule has 0 aliphatic carbocycles. The molecule has 4 fully saturated rings. The summed E-state index contributed by atoms with van der Waals surface area (Å²) in [6.07, 6.45) is -18.7. The quantitative estimate of drug-likeness (QED) is 0.0408. The number of carbonyl (C=O) groups is 4. The second-order valence-electron chi connectivity index (χ2n) is 14.2. The highest BCUT2D eigenvalue weighted by Gasteiger charge is 2.54. The van der Waals surface area contributed by atoms with Gasteiger partial charge in [0.25, 0.3) is 11.8 Å². The highest BCUT2D eigenvalue weighted by molar-refractivity contribution is 6.01. The van der Waals surface area contributed by atoms with Gasteiger partial charge in [0.05, 0.1) is 19.3 Å². The molecule has 322 valence electrons. The van der Waals surface area contributed by atoms with Crippen LogP contribution < -0.4 is 5.32 Å². The van der Waals surface area contributed by atoms with Crippen LogP contribution in [0, 0.1) is 0 Å². The number of imide groups is 1. The molecule has 0 aromatic heterocycles. The number of ether oxygens (including phenoxy) is 6. The Bertz CT molecular complexity index is 1260. The van der Waals surface area contributed by atoms with Crippen molar-refractivity contribution in [2.75, 3.05) is 26.4 Å². The third-order valence-corrected chi connectivity index (χ3v) is 9.97. The van der Waals surface area contributed by atoms with Crippen LogP contribution in [0.15, 0.2) is 0 Å². The Morgan fingerprint density at radius 3 is 1.88 bits per heavy atom. The number of unbranched alkanes of at least 4 members (excludes halogenated alkanes) is 5. The molecule has 0 radical (unpaired) electrons. The molecule has 22 nitrogen and oxygen atoms in total. The first-order valence-electron chi connectivity index (χ1n) is 18.9. The maximum Gasteiger partial charge on any atom is 0.333 e. The third-order valence-electron chi connectivity index (χ3n) is 9.97. The zero-order valence-corrected chi connectivity index (χ0v) is 31.0. The van der Waals surface area contributed by atoms with E-state index in [1.165, 1.54) is 6.92 Å². The molecule has 4 saturated heterocycles. The normalized spacial score (nSPS) is 37.8. The first-order valence-corrected chi connectivity index (χ1v) is 18.9. The summed E-state index contributed by atoms with van der Waals surface area (Å²) in [6, 6.07) is -1.24. The van der Waals surface area contributed by atoms with Crippen LogP contribution >= 0.6 is 0 Å². The number of rotatable bonds is 20. The van der Waals surface area contributed by atoms with E-state index in [2.05, 4.69) is 5.32 Å². The van der Waals surface area contributed by atoms with Gasteiger partial charge in [0, 0.05) is 39.4 Å². The first-order chi connectivity index (χ1) is 26.7. The van der Waals surface area contributed by atoms with Crippen molar-refractivity contribution in [1.82, 2.24) is 10.4 Å². The Hall–Kier alpha value is -2.52. The molecule has 6 unspecified atom stereocenters. The van der Waals surface area contributed by atoms with Gasteiger partial charge in [-0.25, -0.2) is 4.79 Å². The highest BCUT2D eigenvalue weighted by Crippen LogP contribution is 2.33. The summed E-state index contributed by atoms with van der Waals surface area (Å²) in [5.41, 5.74) is 0. The highest BCUT2D eigenvalue weighted by atomic mass is 16.8. The van der Waals surface area contributed by atoms with Crippen molar-refractivity contribution >= 4 is 23.7 Å². The molecule has 4 heterocycles. The van der Waals surface area contributed by atoms with Crippen LogP contribution in [0.25, 0.3) is 0 Å². The molecule has 15 atom stereocenters. The predicted molar refractivity (Wildman–Crippen MR) is 181 cm³/mol. The summed E-state index contributed by atoms with van der Waals surface area (Å²) in [5, 5.41) is 97.0. The van der Waals surface area contributed by atoms with Gasteiger partial charge in [-0.05, 0) is 19.3 Å². The van der Waals surface area contributed by atoms with Crippen LogP contribution in [0.3, 0.4) is 0 Å². The Morgan fingerprint density at radius 2 is 1.25 bits per heavy atom. The van der Waals surface area contributed by atoms with Crippen molar-refractivity contribution in [2.24, 2.45) is 0 Å². The zero-order chi connectivity index (χ0) is 41.1. The number of nitrogens with zero attached hydrogens (tertiary/aromatic N) is 1. The molecule has 56 heavy (non-hydrogen) atoms. The zero-order valence-electron chi connectivity index (χ0n) is 31.0. The molecule has 0 aromatic carbocycles. The van der Waals surface area contributed by atoms with Crippen molar-refractivity contribution in [3.63, 3.8) is 0 Å². The van der Waals surface area contributed by atoms with Gasteiger partial charge < -0.3 is 84.5 Å². The molecule has 4 rings (SSSR count). The van der Waals surface area contributed by atoms with Crippen LogP contribution in [-0.4, -0.2) is 193 Å². The third kappa shape index (κ3) is 11.8. The topological polar surface area (TPSA) is 330 Å². The van der Waals surface area contributed by atoms with Crippen LogP contribution in [0.4, 0.5) is 0 Å². The van der Waals surface area contributed by atoms with Crippen molar-refractivity contribution in [2.45, 2.75) is 163 Å². The smallest absolute Gasteiger partial charge is 0.333 e. The fourth-order valence-corrected chi connectivity index (χ4v) is 6.88. The van der Waals surface area contributed by atoms with E-state index in [-0.39, 0.29) is 32.3 Å². The lowest BCUT2D eigenvalue weighted by Gasteiger charge is -2.49. The predicted octanol–water partition coefficient (Wildman–Crippen LogP) is -4.68. The molecule has 10 N–H and O–H groups in total. The molecular formula is C34H56N2O20. The summed E-state index contributed by atoms with van der Waals surface area (Å²) in [7, 11) is 0. The summed E-state index contributed by atoms with van der Waals surface area (Å²) < 4.78 is 34.5. The SMILES string of the molecule is CC(=O)NC1[C@H](OCCCCCCCCC(=O)ON2C(=O)CCC2=O)OC(CO)[C@@H](O[C@@H]2OC(CCO)[C@H](O)[C@H](O[C@H]3OC(CO)[C@H](O)C(O)[C@@H]3O)C2O)[C@@H]1O. The number of aliphatic hydroxyl groups is 9. The van der Waals surface area contributed by atoms with Crippen LogP contribution in [0.5, 0.6) is 0 Å². The number of hydroxylamine groups is 2. The Balaban J connectivity index is 1.30. The minimum absolute atomic E-state index is 0.0204. The fourth-order valence-electron chi connectivity index (χ4n) is 6.88. The molecule has 0 bridgehead atoms. The number of carbonyl (C=O) groups excluding carboxylic acids is 4. The van der Waals surface area contributed by atoms with Gasteiger partial charge in [-0.3, -0.25) is 14.4 Å². The second-order valence-corrected chi connectivity index (χ2v) is 14.2. The first kappa shape index (κ1) is 46.2. The van der Waals surface area contributed by atoms with Crippen molar-refractivity contribution < 1.29 is 98.4 Å². The fraction of sp³-hybridized carbons (Fsp3) is 0.882. The number of aliphatic hydroxyl groups excluding tert-OH is 9. The van der Waals surface area contributed by atoms with Gasteiger partial charge in [-0.1, -0.05) is 25.7 Å². The van der Waals surface area contributed by atoms with Gasteiger partial charge in [0.15, 0.2) is 18.9 Å². The molecular weight excluding hydrogens is 756 g/mol. The maximum absolute atomic E-state index is 12.2. The summed E-state index contributed by atoms with van der Waals surface area (Å²) in [5.74, 6) is -2.30. The Morgan fingerprint density at radius 1 is 0.679 bits per heavy atom. The van der Waals surface area contributed by atoms with Crippen LogP contribution in [0.1, 0.15) is 71.1 Å². The standard InChI is InChI=1S/C34H56N2O20/c1-16(40)35-23-26(46)30(19(15-39)53-32(23)50-13-7-5-3-2-4-6-8-22(43)56-36-20(41)9-10-21(36)42)54-34-29(49)31(25(45)17(51-34)11-12-37)55-33-28(48)27(47)24(44)18(14-38)52-33/h17-19,23-34,37-39,44-49H,2-15H2,1H3,(H,35,40)/t17?,18?,19?,23?,24-,25-,26+,27?,28-,29?,30+,31-,32+,33+,34-/m0/s1. The Labute approximate surface area is 322 Å². The van der Waals surface area contributed by atoms with Crippen molar-refractivity contribution in [3.8, 4) is 0 Å². The molecule has 3 amide bonds. The lowest BCUT2D eigenvalue weighted by Crippen LogP contribution is -2.68. The molecule has 4 aliphatic heterocycles. The molecule has 0 saturated carbocycles. The minimum Gasteiger partial charge on any atom is -0.396 e. The largest absolute Gasteiger partial charge is 0.396 e. The average molecular weight is 813 g/mol. The van der Waals surface area contributed by atoms with Crippen molar-refractivity contribution in [1.29, 1.82) is 0 Å². The van der Waals surface area contributed by atoms with Crippen LogP contribution in [0.2, 0.25) is 0 Å². The minimum atomic E-state index is -1.91. The van der Waals surface area contributed by atoms with E-state index < -0.39 is 136 Å². The Kier molecular flexibility index (Phi) is 18.2. The number of amides is 3. The summed E-state index contributed by atoms with van der Waals surface area (Å²) in [4.78, 5) is 52.1. The molecule has 22 heteroatoms. The van der Waals surface area contributed by atoms with E-state index >= 15 is 0 Å². The summed E-state index contributed by atoms with van der Waals surface area (Å²) >= 11 is 0.